The first kappa shape index (κ1) is 25.6. The Morgan fingerprint density at radius 3 is 2.56 bits per heavy atom. The second-order valence-corrected chi connectivity index (χ2v) is 12.5. The predicted molar refractivity (Wildman–Crippen MR) is 131 cm³/mol. The normalized spacial score (nSPS) is 40.9. The van der Waals surface area contributed by atoms with Crippen LogP contribution < -0.4 is 0 Å². The summed E-state index contributed by atoms with van der Waals surface area (Å²) in [6.07, 6.45) is 10.1. The zero-order valence-corrected chi connectivity index (χ0v) is 21.8. The molecule has 0 aromatic heterocycles. The number of Topliss-reactive ketones (excluding diaryl/α,β-unsaturated/α-hetero) is 2. The fraction of sp³-hybridized carbons (Fsp3) is 0.828. The van der Waals surface area contributed by atoms with Crippen LogP contribution in [0.1, 0.15) is 92.4 Å². The molecular weight excluding hydrogens is 428 g/mol. The lowest BCUT2D eigenvalue weighted by atomic mass is 9.47. The van der Waals surface area contributed by atoms with Crippen molar-refractivity contribution in [2.75, 3.05) is 6.61 Å². The summed E-state index contributed by atoms with van der Waals surface area (Å²) >= 11 is 0. The van der Waals surface area contributed by atoms with Crippen molar-refractivity contribution in [1.29, 1.82) is 0 Å². The van der Waals surface area contributed by atoms with Crippen molar-refractivity contribution < 1.29 is 24.2 Å². The average Bonchev–Trinajstić information content (AvgIpc) is 3.06. The second-order valence-electron chi connectivity index (χ2n) is 12.5. The molecule has 0 unspecified atom stereocenters. The lowest BCUT2D eigenvalue weighted by Crippen LogP contribution is -2.51. The molecule has 0 aliphatic heterocycles. The van der Waals surface area contributed by atoms with Crippen LogP contribution in [0.25, 0.3) is 0 Å². The highest BCUT2D eigenvalue weighted by Gasteiger charge is 2.62. The van der Waals surface area contributed by atoms with Crippen LogP contribution in [0.2, 0.25) is 0 Å². The van der Waals surface area contributed by atoms with Crippen LogP contribution in [0, 0.1) is 46.3 Å². The Hall–Kier alpha value is -1.49. The van der Waals surface area contributed by atoms with Gasteiger partial charge in [0.1, 0.15) is 17.7 Å². The van der Waals surface area contributed by atoms with Gasteiger partial charge in [-0.25, -0.2) is 0 Å². The van der Waals surface area contributed by atoms with Crippen LogP contribution in [0.5, 0.6) is 0 Å². The third-order valence-corrected chi connectivity index (χ3v) is 10.5. The van der Waals surface area contributed by atoms with Crippen LogP contribution in [-0.4, -0.2) is 35.4 Å². The molecule has 190 valence electrons. The number of hydrogen-bond donors (Lipinski definition) is 1. The number of esters is 1. The van der Waals surface area contributed by atoms with Crippen LogP contribution in [0.15, 0.2) is 11.6 Å². The zero-order chi connectivity index (χ0) is 24.8. The third-order valence-electron chi connectivity index (χ3n) is 10.5. The van der Waals surface area contributed by atoms with Crippen molar-refractivity contribution >= 4 is 17.5 Å². The van der Waals surface area contributed by atoms with E-state index in [1.54, 1.807) is 0 Å². The van der Waals surface area contributed by atoms with Crippen molar-refractivity contribution in [2.24, 2.45) is 46.3 Å². The molecule has 4 aliphatic rings. The van der Waals surface area contributed by atoms with Gasteiger partial charge < -0.3 is 9.84 Å². The van der Waals surface area contributed by atoms with Gasteiger partial charge in [0, 0.05) is 44.6 Å². The molecule has 0 saturated heterocycles. The van der Waals surface area contributed by atoms with Crippen LogP contribution >= 0.6 is 0 Å². The summed E-state index contributed by atoms with van der Waals surface area (Å²) in [4.78, 5) is 38.0. The minimum absolute atomic E-state index is 0.0000775. The monoisotopic (exact) mass is 472 g/mol. The molecule has 9 atom stereocenters. The van der Waals surface area contributed by atoms with Gasteiger partial charge in [-0.05, 0) is 73.0 Å². The maximum atomic E-state index is 13.4. The highest BCUT2D eigenvalue weighted by molar-refractivity contribution is 5.92. The Morgan fingerprint density at radius 1 is 1.15 bits per heavy atom. The minimum atomic E-state index is -0.241. The summed E-state index contributed by atoms with van der Waals surface area (Å²) in [5.74, 6) is 1.39. The molecule has 5 nitrogen and oxygen atoms in total. The Kier molecular flexibility index (Phi) is 7.17. The Balaban J connectivity index is 1.52. The van der Waals surface area contributed by atoms with Gasteiger partial charge in [-0.1, -0.05) is 39.3 Å². The highest BCUT2D eigenvalue weighted by Crippen LogP contribution is 2.66. The Bertz CT molecular complexity index is 861. The molecule has 0 heterocycles. The van der Waals surface area contributed by atoms with E-state index in [9.17, 15) is 19.5 Å². The number of hydrogen-bond acceptors (Lipinski definition) is 5. The van der Waals surface area contributed by atoms with Gasteiger partial charge in [0.25, 0.3) is 0 Å². The van der Waals surface area contributed by atoms with Crippen LogP contribution in [0.4, 0.5) is 0 Å². The molecule has 0 bridgehead atoms. The molecule has 5 heteroatoms. The van der Waals surface area contributed by atoms with Gasteiger partial charge in [0.15, 0.2) is 0 Å². The van der Waals surface area contributed by atoms with Crippen molar-refractivity contribution in [3.05, 3.63) is 11.6 Å². The van der Waals surface area contributed by atoms with E-state index >= 15 is 0 Å². The Labute approximate surface area is 205 Å². The van der Waals surface area contributed by atoms with Gasteiger partial charge in [-0.2, -0.15) is 0 Å². The molecule has 3 fully saturated rings. The lowest BCUT2D eigenvalue weighted by molar-refractivity contribution is -0.148. The summed E-state index contributed by atoms with van der Waals surface area (Å²) in [6, 6.07) is 0. The van der Waals surface area contributed by atoms with Gasteiger partial charge >= 0.3 is 5.97 Å². The van der Waals surface area contributed by atoms with Crippen LogP contribution in [-0.2, 0) is 19.1 Å². The summed E-state index contributed by atoms with van der Waals surface area (Å²) in [7, 11) is 0. The first-order valence-electron chi connectivity index (χ1n) is 13.5. The fourth-order valence-electron chi connectivity index (χ4n) is 8.54. The van der Waals surface area contributed by atoms with E-state index in [0.717, 1.165) is 38.5 Å². The zero-order valence-electron chi connectivity index (χ0n) is 21.8. The first-order valence-corrected chi connectivity index (χ1v) is 13.5. The topological polar surface area (TPSA) is 80.7 Å². The van der Waals surface area contributed by atoms with Gasteiger partial charge in [-0.3, -0.25) is 14.4 Å². The molecule has 0 radical (unpaired) electrons. The van der Waals surface area contributed by atoms with Gasteiger partial charge in [0.05, 0.1) is 0 Å². The number of ketones is 2. The number of aliphatic hydroxyl groups is 1. The van der Waals surface area contributed by atoms with Crippen molar-refractivity contribution in [2.45, 2.75) is 98.5 Å². The summed E-state index contributed by atoms with van der Waals surface area (Å²) in [6.45, 7) is 10.2. The maximum Gasteiger partial charge on any atom is 0.302 e. The molecule has 1 N–H and O–H groups in total. The standard InChI is InChI=1S/C29H44O5/c1-17(16-30)6-9-25(32)18(2)27-26(33)15-24-22-8-7-20-14-21(34-19(3)31)10-12-28(20,4)23(22)11-13-29(24,27)5/h7,17-18,21-24,27,30H,6,8-16H2,1-5H3/t17-,18-,21+,22-,23+,24+,27+,28+,29+/m1/s1. The molecule has 4 rings (SSSR count). The Morgan fingerprint density at radius 2 is 1.88 bits per heavy atom. The second kappa shape index (κ2) is 9.52. The van der Waals surface area contributed by atoms with E-state index in [0.29, 0.717) is 42.8 Å². The number of carbonyl (C=O) groups excluding carboxylic acids is 3. The fourth-order valence-corrected chi connectivity index (χ4v) is 8.54. The number of fused-ring (bicyclic) bond motifs is 5. The molecule has 0 spiro atoms. The van der Waals surface area contributed by atoms with E-state index in [2.05, 4.69) is 19.9 Å². The molecule has 3 saturated carbocycles. The molecular formula is C29H44O5. The molecule has 34 heavy (non-hydrogen) atoms. The highest BCUT2D eigenvalue weighted by atomic mass is 16.5. The summed E-state index contributed by atoms with van der Waals surface area (Å²) in [5, 5.41) is 9.31. The van der Waals surface area contributed by atoms with E-state index in [4.69, 9.17) is 4.74 Å². The first-order chi connectivity index (χ1) is 16.0. The van der Waals surface area contributed by atoms with Gasteiger partial charge in [-0.15, -0.1) is 0 Å². The number of aliphatic hydroxyl groups excluding tert-OH is 1. The molecule has 0 amide bonds. The number of allylic oxidation sites excluding steroid dienone is 1. The van der Waals surface area contributed by atoms with Gasteiger partial charge in [0.2, 0.25) is 0 Å². The number of carbonyl (C=O) groups is 3. The van der Waals surface area contributed by atoms with Crippen molar-refractivity contribution in [3.8, 4) is 0 Å². The van der Waals surface area contributed by atoms with E-state index in [1.165, 1.54) is 12.5 Å². The number of rotatable bonds is 7. The lowest BCUT2D eigenvalue weighted by Gasteiger charge is -2.58. The molecule has 0 aromatic rings. The summed E-state index contributed by atoms with van der Waals surface area (Å²) in [5.41, 5.74) is 1.48. The maximum absolute atomic E-state index is 13.4. The molecule has 4 aliphatic carbocycles. The van der Waals surface area contributed by atoms with Crippen molar-refractivity contribution in [3.63, 3.8) is 0 Å². The predicted octanol–water partition coefficient (Wildman–Crippen LogP) is 5.29. The van der Waals surface area contributed by atoms with E-state index in [1.807, 2.05) is 13.8 Å². The van der Waals surface area contributed by atoms with Crippen LogP contribution in [0.3, 0.4) is 0 Å². The third kappa shape index (κ3) is 4.31. The summed E-state index contributed by atoms with van der Waals surface area (Å²) < 4.78 is 5.55. The van der Waals surface area contributed by atoms with E-state index in [-0.39, 0.29) is 53.0 Å². The van der Waals surface area contributed by atoms with E-state index < -0.39 is 0 Å². The minimum Gasteiger partial charge on any atom is -0.462 e. The quantitative estimate of drug-likeness (QED) is 0.402. The smallest absolute Gasteiger partial charge is 0.302 e. The number of ether oxygens (including phenoxy) is 1. The molecule has 0 aromatic carbocycles. The largest absolute Gasteiger partial charge is 0.462 e. The average molecular weight is 473 g/mol. The van der Waals surface area contributed by atoms with Crippen molar-refractivity contribution in [1.82, 2.24) is 0 Å². The SMILES string of the molecule is CC(=O)O[C@H]1CC[C@@]2(C)C(=CC[C@H]3[C@@H]4CC(=O)[C@H]([C@H](C)C(=O)CC[C@@H](C)CO)[C@@]4(C)CC[C@@H]32)C1.